The van der Waals surface area contributed by atoms with Crippen molar-refractivity contribution in [3.05, 3.63) is 21.3 Å². The fourth-order valence-electron chi connectivity index (χ4n) is 1.37. The largest absolute Gasteiger partial charge is 0.388 e. The van der Waals surface area contributed by atoms with Crippen LogP contribution in [-0.2, 0) is 4.79 Å². The van der Waals surface area contributed by atoms with Crippen LogP contribution in [0.3, 0.4) is 0 Å². The van der Waals surface area contributed by atoms with Gasteiger partial charge in [0.1, 0.15) is 0 Å². The number of rotatable bonds is 4. The maximum Gasteiger partial charge on any atom is 0.222 e. The van der Waals surface area contributed by atoms with Crippen molar-refractivity contribution in [2.24, 2.45) is 0 Å². The summed E-state index contributed by atoms with van der Waals surface area (Å²) in [4.78, 5) is 13.9. The maximum absolute atomic E-state index is 11.3. The maximum atomic E-state index is 11.3. The Labute approximate surface area is 97.3 Å². The van der Waals surface area contributed by atoms with Crippen LogP contribution in [0.5, 0.6) is 0 Å². The van der Waals surface area contributed by atoms with Gasteiger partial charge in [0.2, 0.25) is 5.91 Å². The highest BCUT2D eigenvalue weighted by atomic mass is 35.5. The van der Waals surface area contributed by atoms with E-state index >= 15 is 0 Å². The van der Waals surface area contributed by atoms with Crippen LogP contribution < -0.4 is 0 Å². The number of carbonyl (C=O) groups is 1. The molecule has 1 aliphatic heterocycles. The molecule has 1 N–H and O–H groups in total. The molecule has 2 rings (SSSR count). The molecule has 2 heterocycles. The number of carbonyl (C=O) groups excluding carboxylic acids is 1. The lowest BCUT2D eigenvalue weighted by Gasteiger charge is -2.07. The van der Waals surface area contributed by atoms with Gasteiger partial charge in [-0.15, -0.1) is 11.3 Å². The van der Waals surface area contributed by atoms with Crippen molar-refractivity contribution in [2.45, 2.75) is 18.9 Å². The molecule has 82 valence electrons. The fourth-order valence-corrected chi connectivity index (χ4v) is 2.45. The third-order valence-corrected chi connectivity index (χ3v) is 3.69. The Kier molecular flexibility index (Phi) is 3.29. The summed E-state index contributed by atoms with van der Waals surface area (Å²) in [5.74, 6) is 0.136. The lowest BCUT2D eigenvalue weighted by atomic mass is 10.1. The molecule has 5 heteroatoms. The van der Waals surface area contributed by atoms with Gasteiger partial charge in [0.25, 0.3) is 0 Å². The van der Waals surface area contributed by atoms with E-state index in [1.165, 1.54) is 11.3 Å². The van der Waals surface area contributed by atoms with Crippen LogP contribution in [-0.4, -0.2) is 29.0 Å². The third-order valence-electron chi connectivity index (χ3n) is 2.35. The lowest BCUT2D eigenvalue weighted by Crippen LogP contribution is -2.11. The van der Waals surface area contributed by atoms with E-state index in [0.717, 1.165) is 18.0 Å². The molecule has 1 aromatic rings. The molecular weight excluding hydrogens is 234 g/mol. The summed E-state index contributed by atoms with van der Waals surface area (Å²) in [6.45, 7) is 1.75. The summed E-state index contributed by atoms with van der Waals surface area (Å²) < 4.78 is 0.668. The van der Waals surface area contributed by atoms with Crippen molar-refractivity contribution < 1.29 is 9.90 Å². The average molecular weight is 246 g/mol. The first-order valence-electron chi connectivity index (χ1n) is 4.88. The van der Waals surface area contributed by atoms with Gasteiger partial charge >= 0.3 is 0 Å². The van der Waals surface area contributed by atoms with E-state index in [9.17, 15) is 9.90 Å². The first kappa shape index (κ1) is 10.9. The van der Waals surface area contributed by atoms with Crippen LogP contribution >= 0.6 is 22.9 Å². The molecule has 1 amide bonds. The molecule has 1 aromatic heterocycles. The highest BCUT2D eigenvalue weighted by Gasteiger charge is 2.24. The number of hydrogen-bond donors (Lipinski definition) is 1. The Bertz CT molecular complexity index is 362. The average Bonchev–Trinajstić information content (AvgIpc) is 2.97. The zero-order valence-corrected chi connectivity index (χ0v) is 9.72. The molecule has 0 bridgehead atoms. The molecule has 1 aliphatic rings. The molecule has 0 saturated carbocycles. The summed E-state index contributed by atoms with van der Waals surface area (Å²) in [6.07, 6.45) is 0.328. The van der Waals surface area contributed by atoms with Crippen molar-refractivity contribution in [1.29, 1.82) is 0 Å². The summed E-state index contributed by atoms with van der Waals surface area (Å²) in [6, 6.07) is 3.57. The zero-order chi connectivity index (χ0) is 10.8. The minimum absolute atomic E-state index is 0.136. The van der Waals surface area contributed by atoms with Gasteiger partial charge in [0.05, 0.1) is 10.4 Å². The van der Waals surface area contributed by atoms with Gasteiger partial charge in [-0.05, 0) is 18.6 Å². The number of halogens is 1. The molecule has 1 atom stereocenters. The Balaban J connectivity index is 1.81. The topological polar surface area (TPSA) is 40.3 Å². The van der Waals surface area contributed by atoms with Crippen molar-refractivity contribution in [1.82, 2.24) is 4.90 Å². The Hall–Kier alpha value is -0.580. The monoisotopic (exact) mass is 245 g/mol. The van der Waals surface area contributed by atoms with Crippen molar-refractivity contribution in [3.63, 3.8) is 0 Å². The van der Waals surface area contributed by atoms with Gasteiger partial charge < -0.3 is 10.0 Å². The SMILES string of the molecule is O=C(CCC(O)c1ccc(Cl)s1)N1CC1. The van der Waals surface area contributed by atoms with E-state index in [-0.39, 0.29) is 5.91 Å². The minimum Gasteiger partial charge on any atom is -0.388 e. The molecule has 1 saturated heterocycles. The van der Waals surface area contributed by atoms with E-state index < -0.39 is 6.10 Å². The first-order chi connectivity index (χ1) is 7.16. The van der Waals surface area contributed by atoms with Gasteiger partial charge in [0, 0.05) is 24.4 Å². The van der Waals surface area contributed by atoms with E-state index in [1.807, 2.05) is 0 Å². The molecule has 15 heavy (non-hydrogen) atoms. The van der Waals surface area contributed by atoms with Gasteiger partial charge in [0.15, 0.2) is 0 Å². The minimum atomic E-state index is -0.564. The van der Waals surface area contributed by atoms with Gasteiger partial charge in [-0.2, -0.15) is 0 Å². The van der Waals surface area contributed by atoms with Crippen molar-refractivity contribution in [3.8, 4) is 0 Å². The normalized spacial score (nSPS) is 16.5. The predicted molar refractivity (Wildman–Crippen MR) is 60.1 cm³/mol. The van der Waals surface area contributed by atoms with Crippen LogP contribution in [0.25, 0.3) is 0 Å². The standard InChI is InChI=1S/C10H12ClNO2S/c11-9-3-2-8(15-9)7(13)1-4-10(14)12-5-6-12/h2-3,7,13H,1,4-6H2. The molecule has 0 radical (unpaired) electrons. The summed E-state index contributed by atoms with van der Waals surface area (Å²) in [5, 5.41) is 9.77. The number of amides is 1. The number of thiophene rings is 1. The van der Waals surface area contributed by atoms with Crippen LogP contribution in [0.15, 0.2) is 12.1 Å². The van der Waals surface area contributed by atoms with Crippen LogP contribution in [0.1, 0.15) is 23.8 Å². The van der Waals surface area contributed by atoms with Crippen LogP contribution in [0.2, 0.25) is 4.34 Å². The number of nitrogens with zero attached hydrogens (tertiary/aromatic N) is 1. The molecule has 0 aromatic carbocycles. The second-order valence-corrected chi connectivity index (χ2v) is 5.32. The molecular formula is C10H12ClNO2S. The highest BCUT2D eigenvalue weighted by molar-refractivity contribution is 7.16. The van der Waals surface area contributed by atoms with Crippen LogP contribution in [0, 0.1) is 0 Å². The quantitative estimate of drug-likeness (QED) is 0.825. The van der Waals surface area contributed by atoms with Crippen molar-refractivity contribution in [2.75, 3.05) is 13.1 Å². The third kappa shape index (κ3) is 2.93. The number of aliphatic hydroxyl groups excluding tert-OH is 1. The van der Waals surface area contributed by atoms with Gasteiger partial charge in [-0.1, -0.05) is 11.6 Å². The van der Waals surface area contributed by atoms with E-state index in [2.05, 4.69) is 0 Å². The van der Waals surface area contributed by atoms with Crippen molar-refractivity contribution >= 4 is 28.8 Å². The molecule has 1 unspecified atom stereocenters. The highest BCUT2D eigenvalue weighted by Crippen LogP contribution is 2.29. The Morgan fingerprint density at radius 2 is 2.33 bits per heavy atom. The Morgan fingerprint density at radius 1 is 1.60 bits per heavy atom. The van der Waals surface area contributed by atoms with E-state index in [0.29, 0.717) is 17.2 Å². The molecule has 0 aliphatic carbocycles. The van der Waals surface area contributed by atoms with Gasteiger partial charge in [-0.25, -0.2) is 0 Å². The van der Waals surface area contributed by atoms with Crippen LogP contribution in [0.4, 0.5) is 0 Å². The smallest absolute Gasteiger partial charge is 0.222 e. The summed E-state index contributed by atoms with van der Waals surface area (Å²) in [7, 11) is 0. The number of aliphatic hydroxyl groups is 1. The van der Waals surface area contributed by atoms with E-state index in [4.69, 9.17) is 11.6 Å². The number of hydrogen-bond acceptors (Lipinski definition) is 3. The molecule has 0 spiro atoms. The second-order valence-electron chi connectivity index (χ2n) is 3.58. The summed E-state index contributed by atoms with van der Waals surface area (Å²) >= 11 is 7.12. The molecule has 3 nitrogen and oxygen atoms in total. The lowest BCUT2D eigenvalue weighted by molar-refractivity contribution is -0.126. The Morgan fingerprint density at radius 3 is 2.87 bits per heavy atom. The van der Waals surface area contributed by atoms with E-state index in [1.54, 1.807) is 17.0 Å². The molecule has 1 fully saturated rings. The second kappa shape index (κ2) is 4.51. The first-order valence-corrected chi connectivity index (χ1v) is 6.07. The zero-order valence-electron chi connectivity index (χ0n) is 8.15. The fraction of sp³-hybridized carbons (Fsp3) is 0.500. The summed E-state index contributed by atoms with van der Waals surface area (Å²) in [5.41, 5.74) is 0. The predicted octanol–water partition coefficient (Wildman–Crippen LogP) is 2.06. The van der Waals surface area contributed by atoms with Gasteiger partial charge in [-0.3, -0.25) is 4.79 Å².